The maximum absolute atomic E-state index is 11.9. The maximum atomic E-state index is 11.9. The van der Waals surface area contributed by atoms with Crippen molar-refractivity contribution in [2.45, 2.75) is 17.6 Å². The van der Waals surface area contributed by atoms with E-state index in [1.807, 2.05) is 0 Å². The van der Waals surface area contributed by atoms with Crippen molar-refractivity contribution in [1.82, 2.24) is 4.72 Å². The zero-order chi connectivity index (χ0) is 14.0. The summed E-state index contributed by atoms with van der Waals surface area (Å²) in [6, 6.07) is 3.56. The lowest BCUT2D eigenvalue weighted by Crippen LogP contribution is -2.33. The molecule has 18 heavy (non-hydrogen) atoms. The van der Waals surface area contributed by atoms with Crippen molar-refractivity contribution in [3.63, 3.8) is 0 Å². The van der Waals surface area contributed by atoms with Gasteiger partial charge in [0.2, 0.25) is 10.0 Å². The zero-order valence-electron chi connectivity index (χ0n) is 8.96. The maximum Gasteiger partial charge on any atom is 0.402 e. The lowest BCUT2D eigenvalue weighted by atomic mass is 10.2. The highest BCUT2D eigenvalue weighted by Crippen LogP contribution is 2.21. The molecule has 0 radical (unpaired) electrons. The van der Waals surface area contributed by atoms with E-state index >= 15 is 0 Å². The summed E-state index contributed by atoms with van der Waals surface area (Å²) in [7, 11) is -4.24. The van der Waals surface area contributed by atoms with Crippen LogP contribution in [0.5, 0.6) is 0 Å². The first kappa shape index (κ1) is 15.2. The Balaban J connectivity index is 2.96. The fourth-order valence-corrected chi connectivity index (χ4v) is 2.48. The number of halogens is 4. The molecular formula is C9H10ClF3N2O2S. The van der Waals surface area contributed by atoms with Crippen molar-refractivity contribution in [1.29, 1.82) is 0 Å². The lowest BCUT2D eigenvalue weighted by Gasteiger charge is -2.10. The van der Waals surface area contributed by atoms with E-state index in [9.17, 15) is 21.6 Å². The first-order valence-corrected chi connectivity index (χ1v) is 6.57. The van der Waals surface area contributed by atoms with Crippen molar-refractivity contribution < 1.29 is 21.6 Å². The third kappa shape index (κ3) is 4.13. The summed E-state index contributed by atoms with van der Waals surface area (Å²) >= 11 is 5.73. The van der Waals surface area contributed by atoms with E-state index in [0.29, 0.717) is 5.56 Å². The predicted molar refractivity (Wildman–Crippen MR) is 60.6 cm³/mol. The molecule has 3 N–H and O–H groups in total. The van der Waals surface area contributed by atoms with Crippen LogP contribution in [0.2, 0.25) is 5.02 Å². The summed E-state index contributed by atoms with van der Waals surface area (Å²) in [5.74, 6) is 0. The number of alkyl halides is 3. The Kier molecular flexibility index (Phi) is 4.60. The molecule has 0 heterocycles. The van der Waals surface area contributed by atoms with Crippen LogP contribution in [-0.4, -0.2) is 21.1 Å². The van der Waals surface area contributed by atoms with Gasteiger partial charge in [0, 0.05) is 11.6 Å². The SMILES string of the molecule is NCc1ccc(S(=O)(=O)NCC(F)(F)F)cc1Cl. The highest BCUT2D eigenvalue weighted by atomic mass is 35.5. The molecule has 0 saturated carbocycles. The topological polar surface area (TPSA) is 72.2 Å². The molecule has 102 valence electrons. The quantitative estimate of drug-likeness (QED) is 0.888. The molecule has 1 aromatic rings. The minimum atomic E-state index is -4.62. The van der Waals surface area contributed by atoms with Crippen LogP contribution in [0.3, 0.4) is 0 Å². The van der Waals surface area contributed by atoms with Crippen molar-refractivity contribution in [3.05, 3.63) is 28.8 Å². The second-order valence-corrected chi connectivity index (χ2v) is 5.57. The third-order valence-electron chi connectivity index (χ3n) is 2.02. The summed E-state index contributed by atoms with van der Waals surface area (Å²) in [5, 5.41) is 0.0902. The van der Waals surface area contributed by atoms with Crippen molar-refractivity contribution in [2.75, 3.05) is 6.54 Å². The molecule has 0 saturated heterocycles. The van der Waals surface area contributed by atoms with Crippen molar-refractivity contribution in [3.8, 4) is 0 Å². The van der Waals surface area contributed by atoms with E-state index in [1.54, 1.807) is 0 Å². The highest BCUT2D eigenvalue weighted by molar-refractivity contribution is 7.89. The molecule has 0 aliphatic rings. The average Bonchev–Trinajstić information content (AvgIpc) is 2.25. The van der Waals surface area contributed by atoms with Gasteiger partial charge in [-0.05, 0) is 17.7 Å². The molecule has 0 aliphatic carbocycles. The van der Waals surface area contributed by atoms with Gasteiger partial charge in [0.05, 0.1) is 4.90 Å². The molecule has 4 nitrogen and oxygen atoms in total. The molecule has 0 aromatic heterocycles. The number of sulfonamides is 1. The van der Waals surface area contributed by atoms with Gasteiger partial charge in [0.15, 0.2) is 0 Å². The molecule has 0 fully saturated rings. The monoisotopic (exact) mass is 302 g/mol. The van der Waals surface area contributed by atoms with E-state index in [-0.39, 0.29) is 16.5 Å². The van der Waals surface area contributed by atoms with Crippen molar-refractivity contribution in [2.24, 2.45) is 5.73 Å². The van der Waals surface area contributed by atoms with Gasteiger partial charge >= 0.3 is 6.18 Å². The summed E-state index contributed by atoms with van der Waals surface area (Å²) in [5.41, 5.74) is 5.83. The molecule has 0 bridgehead atoms. The smallest absolute Gasteiger partial charge is 0.326 e. The molecule has 0 unspecified atom stereocenters. The zero-order valence-corrected chi connectivity index (χ0v) is 10.5. The largest absolute Gasteiger partial charge is 0.402 e. The van der Waals surface area contributed by atoms with Crippen LogP contribution >= 0.6 is 11.6 Å². The van der Waals surface area contributed by atoms with Crippen LogP contribution in [0.25, 0.3) is 0 Å². The van der Waals surface area contributed by atoms with Gasteiger partial charge in [-0.2, -0.15) is 13.2 Å². The number of nitrogens with one attached hydrogen (secondary N) is 1. The van der Waals surface area contributed by atoms with Crippen LogP contribution in [0.1, 0.15) is 5.56 Å². The van der Waals surface area contributed by atoms with Crippen molar-refractivity contribution >= 4 is 21.6 Å². The Morgan fingerprint density at radius 3 is 2.39 bits per heavy atom. The Morgan fingerprint density at radius 2 is 1.94 bits per heavy atom. The van der Waals surface area contributed by atoms with Gasteiger partial charge in [0.1, 0.15) is 6.54 Å². The van der Waals surface area contributed by atoms with Gasteiger partial charge in [-0.1, -0.05) is 17.7 Å². The standard InChI is InChI=1S/C9H10ClF3N2O2S/c10-8-3-7(2-1-6(8)4-14)18(16,17)15-5-9(11,12)13/h1-3,15H,4-5,14H2. The van der Waals surface area contributed by atoms with Crippen LogP contribution in [0.4, 0.5) is 13.2 Å². The van der Waals surface area contributed by atoms with Crippen LogP contribution < -0.4 is 10.5 Å². The van der Waals surface area contributed by atoms with E-state index in [0.717, 1.165) is 12.1 Å². The molecule has 9 heteroatoms. The fourth-order valence-electron chi connectivity index (χ4n) is 1.12. The number of rotatable bonds is 4. The summed E-state index contributed by atoms with van der Waals surface area (Å²) in [6.45, 7) is -1.53. The Morgan fingerprint density at radius 1 is 1.33 bits per heavy atom. The number of nitrogens with two attached hydrogens (primary N) is 1. The molecule has 0 atom stereocenters. The molecule has 1 aromatic carbocycles. The van der Waals surface area contributed by atoms with Crippen LogP contribution in [0.15, 0.2) is 23.1 Å². The Labute approximate surface area is 107 Å². The fraction of sp³-hybridized carbons (Fsp3) is 0.333. The molecule has 0 aliphatic heterocycles. The normalized spacial score (nSPS) is 12.7. The van der Waals surface area contributed by atoms with Gasteiger partial charge in [-0.3, -0.25) is 0 Å². The predicted octanol–water partition coefficient (Wildman–Crippen LogP) is 1.64. The number of benzene rings is 1. The first-order valence-electron chi connectivity index (χ1n) is 4.70. The second-order valence-electron chi connectivity index (χ2n) is 3.40. The van der Waals surface area contributed by atoms with Crippen LogP contribution in [0, 0.1) is 0 Å². The minimum Gasteiger partial charge on any atom is -0.326 e. The molecule has 1 rings (SSSR count). The van der Waals surface area contributed by atoms with E-state index < -0.39 is 22.7 Å². The Bertz CT molecular complexity index is 531. The summed E-state index contributed by atoms with van der Waals surface area (Å²) in [6.07, 6.45) is -4.62. The second kappa shape index (κ2) is 5.43. The van der Waals surface area contributed by atoms with E-state index in [1.165, 1.54) is 10.8 Å². The number of hydrogen-bond acceptors (Lipinski definition) is 3. The Hall–Kier alpha value is -0.830. The molecule has 0 amide bonds. The average molecular weight is 303 g/mol. The molecule has 0 spiro atoms. The lowest BCUT2D eigenvalue weighted by molar-refractivity contribution is -0.121. The van der Waals surface area contributed by atoms with Gasteiger partial charge < -0.3 is 5.73 Å². The van der Waals surface area contributed by atoms with E-state index in [2.05, 4.69) is 0 Å². The van der Waals surface area contributed by atoms with Gasteiger partial charge in [0.25, 0.3) is 0 Å². The van der Waals surface area contributed by atoms with Crippen LogP contribution in [-0.2, 0) is 16.6 Å². The van der Waals surface area contributed by atoms with E-state index in [4.69, 9.17) is 17.3 Å². The first-order chi connectivity index (χ1) is 8.15. The number of hydrogen-bond donors (Lipinski definition) is 2. The minimum absolute atomic E-state index is 0.0902. The van der Waals surface area contributed by atoms with Gasteiger partial charge in [-0.15, -0.1) is 0 Å². The molecular weight excluding hydrogens is 293 g/mol. The third-order valence-corrected chi connectivity index (χ3v) is 3.77. The van der Waals surface area contributed by atoms with Gasteiger partial charge in [-0.25, -0.2) is 13.1 Å². The highest BCUT2D eigenvalue weighted by Gasteiger charge is 2.30. The summed E-state index contributed by atoms with van der Waals surface area (Å²) < 4.78 is 60.3. The summed E-state index contributed by atoms with van der Waals surface area (Å²) in [4.78, 5) is -0.339.